The summed E-state index contributed by atoms with van der Waals surface area (Å²) < 4.78 is 4.46. The highest BCUT2D eigenvalue weighted by Crippen LogP contribution is 2.40. The summed E-state index contributed by atoms with van der Waals surface area (Å²) >= 11 is 0. The monoisotopic (exact) mass is 1270 g/mol. The third-order valence-electron chi connectivity index (χ3n) is 17.9. The molecule has 99 heavy (non-hydrogen) atoms. The molecule has 0 radical (unpaired) electrons. The third kappa shape index (κ3) is 11.8. The van der Waals surface area contributed by atoms with Gasteiger partial charge >= 0.3 is 0 Å². The summed E-state index contributed by atoms with van der Waals surface area (Å²) in [5, 5.41) is 3.36. The van der Waals surface area contributed by atoms with Crippen LogP contribution in [0.1, 0.15) is 5.56 Å². The SMILES string of the molecule is Cc1ccc2c(c1)c1ncccc1n2-c1cncc(-c2cc(-c3cc(-c4ccccc4)cc(-c4ccccc4)c3)nc(-c3ccccn3)c2)c1.c1ccc(-c2cc(-c3cc(-c4cccc(-n5c6ccccc6c6cnccc65)n4)cc(-c4ccccn4)n3)cc(-c3ccccc3)n2)cc1. The van der Waals surface area contributed by atoms with Crippen molar-refractivity contribution in [3.05, 3.63) is 346 Å². The molecule has 11 heterocycles. The number of hydrogen-bond donors (Lipinski definition) is 0. The molecule has 11 nitrogen and oxygen atoms in total. The number of benzene rings is 7. The summed E-state index contributed by atoms with van der Waals surface area (Å²) in [6, 6.07) is 102. The van der Waals surface area contributed by atoms with Crippen molar-refractivity contribution in [2.75, 3.05) is 0 Å². The maximum Gasteiger partial charge on any atom is 0.138 e. The number of fused-ring (bicyclic) bond motifs is 6. The predicted octanol–water partition coefficient (Wildman–Crippen LogP) is 21.1. The number of nitrogens with zero attached hydrogens (tertiary/aromatic N) is 11. The topological polar surface area (TPSA) is 126 Å². The number of pyridine rings is 9. The molecule has 0 aliphatic heterocycles. The van der Waals surface area contributed by atoms with Crippen molar-refractivity contribution >= 4 is 43.7 Å². The average molecular weight is 1270 g/mol. The molecule has 0 aliphatic carbocycles. The molecular formula is C88H59N11. The molecule has 0 spiro atoms. The Hall–Kier alpha value is -13.5. The van der Waals surface area contributed by atoms with Gasteiger partial charge in [-0.3, -0.25) is 29.5 Å². The molecular weight excluding hydrogens is 1210 g/mol. The van der Waals surface area contributed by atoms with Crippen molar-refractivity contribution in [2.45, 2.75) is 6.92 Å². The summed E-state index contributed by atoms with van der Waals surface area (Å²) in [5.74, 6) is 0.828. The molecule has 7 aromatic carbocycles. The van der Waals surface area contributed by atoms with E-state index in [1.807, 2.05) is 122 Å². The molecule has 18 aromatic rings. The highest BCUT2D eigenvalue weighted by atomic mass is 15.1. The van der Waals surface area contributed by atoms with E-state index in [-0.39, 0.29) is 0 Å². The Morgan fingerprint density at radius 1 is 0.232 bits per heavy atom. The van der Waals surface area contributed by atoms with Crippen molar-refractivity contribution < 1.29 is 0 Å². The lowest BCUT2D eigenvalue weighted by Gasteiger charge is -2.14. The van der Waals surface area contributed by atoms with Crippen LogP contribution < -0.4 is 0 Å². The molecule has 0 saturated carbocycles. The van der Waals surface area contributed by atoms with Gasteiger partial charge in [0.2, 0.25) is 0 Å². The maximum atomic E-state index is 5.27. The van der Waals surface area contributed by atoms with Crippen molar-refractivity contribution in [2.24, 2.45) is 0 Å². The van der Waals surface area contributed by atoms with E-state index < -0.39 is 0 Å². The summed E-state index contributed by atoms with van der Waals surface area (Å²) in [6.45, 7) is 2.12. The van der Waals surface area contributed by atoms with Gasteiger partial charge in [-0.25, -0.2) is 19.9 Å². The Balaban J connectivity index is 0.000000148. The van der Waals surface area contributed by atoms with Crippen molar-refractivity contribution in [1.29, 1.82) is 0 Å². The second-order valence-electron chi connectivity index (χ2n) is 24.4. The molecule has 0 aliphatic rings. The second kappa shape index (κ2) is 26.0. The third-order valence-corrected chi connectivity index (χ3v) is 17.9. The van der Waals surface area contributed by atoms with Crippen LogP contribution in [0.5, 0.6) is 0 Å². The van der Waals surface area contributed by atoms with Gasteiger partial charge < -0.3 is 4.57 Å². The quantitative estimate of drug-likeness (QED) is 0.118. The van der Waals surface area contributed by atoms with Crippen molar-refractivity contribution in [3.63, 3.8) is 0 Å². The van der Waals surface area contributed by atoms with Crippen LogP contribution in [0.25, 0.3) is 168 Å². The number of para-hydroxylation sites is 1. The van der Waals surface area contributed by atoms with Gasteiger partial charge in [0.05, 0.1) is 90.7 Å². The van der Waals surface area contributed by atoms with Gasteiger partial charge in [-0.05, 0) is 168 Å². The van der Waals surface area contributed by atoms with E-state index in [2.05, 4.69) is 238 Å². The fourth-order valence-electron chi connectivity index (χ4n) is 13.2. The zero-order chi connectivity index (χ0) is 66.0. The molecule has 0 saturated heterocycles. The largest absolute Gasteiger partial charge is 0.306 e. The summed E-state index contributed by atoms with van der Waals surface area (Å²) in [4.78, 5) is 44.1. The van der Waals surface area contributed by atoms with E-state index in [0.29, 0.717) is 0 Å². The molecule has 0 N–H and O–H groups in total. The maximum absolute atomic E-state index is 5.27. The van der Waals surface area contributed by atoms with Crippen LogP contribution >= 0.6 is 0 Å². The van der Waals surface area contributed by atoms with Crippen molar-refractivity contribution in [1.82, 2.24) is 54.0 Å². The van der Waals surface area contributed by atoms with Gasteiger partial charge in [0, 0.05) is 86.7 Å². The van der Waals surface area contributed by atoms with Crippen LogP contribution in [0.3, 0.4) is 0 Å². The highest BCUT2D eigenvalue weighted by Gasteiger charge is 2.20. The van der Waals surface area contributed by atoms with Gasteiger partial charge in [0.1, 0.15) is 5.82 Å². The first kappa shape index (κ1) is 59.2. The van der Waals surface area contributed by atoms with Crippen LogP contribution in [0, 0.1) is 6.92 Å². The summed E-state index contributed by atoms with van der Waals surface area (Å²) in [6.07, 6.45) is 13.1. The lowest BCUT2D eigenvalue weighted by atomic mass is 9.94. The van der Waals surface area contributed by atoms with E-state index in [1.54, 1.807) is 6.20 Å². The number of rotatable bonds is 12. The summed E-state index contributed by atoms with van der Waals surface area (Å²) in [5.41, 5.74) is 26.4. The predicted molar refractivity (Wildman–Crippen MR) is 401 cm³/mol. The first-order valence-corrected chi connectivity index (χ1v) is 32.9. The molecule has 0 atom stereocenters. The molecule has 0 unspecified atom stereocenters. The van der Waals surface area contributed by atoms with Crippen LogP contribution in [-0.2, 0) is 0 Å². The lowest BCUT2D eigenvalue weighted by Crippen LogP contribution is -1.99. The Labute approximate surface area is 571 Å². The minimum Gasteiger partial charge on any atom is -0.306 e. The molecule has 466 valence electrons. The molecule has 18 rings (SSSR count). The normalized spacial score (nSPS) is 11.3. The van der Waals surface area contributed by atoms with E-state index in [0.717, 1.165) is 168 Å². The zero-order valence-corrected chi connectivity index (χ0v) is 53.8. The Bertz CT molecular complexity index is 5810. The molecule has 11 heteroatoms. The molecule has 0 bridgehead atoms. The Morgan fingerprint density at radius 2 is 0.717 bits per heavy atom. The number of aromatic nitrogens is 11. The molecule has 0 fully saturated rings. The average Bonchev–Trinajstić information content (AvgIpc) is 1.68. The van der Waals surface area contributed by atoms with E-state index in [1.165, 1.54) is 5.56 Å². The Morgan fingerprint density at radius 3 is 1.36 bits per heavy atom. The lowest BCUT2D eigenvalue weighted by molar-refractivity contribution is 1.08. The van der Waals surface area contributed by atoms with Gasteiger partial charge in [0.25, 0.3) is 0 Å². The van der Waals surface area contributed by atoms with E-state index in [9.17, 15) is 0 Å². The molecule has 0 amide bonds. The smallest absolute Gasteiger partial charge is 0.138 e. The first-order chi connectivity index (χ1) is 49.0. The van der Waals surface area contributed by atoms with Gasteiger partial charge in [-0.15, -0.1) is 0 Å². The fourth-order valence-corrected chi connectivity index (χ4v) is 13.2. The Kier molecular flexibility index (Phi) is 15.6. The zero-order valence-electron chi connectivity index (χ0n) is 53.8. The minimum atomic E-state index is 0.766. The standard InChI is InChI=1S/C45H31N5.C43H28N6/c1-30-17-18-43-39(21-30)45-44(16-10-20-48-45)50(43)38-25-37(28-46-29-38)35-26-41(49-42(27-35)40-15-8-9-19-47-40)36-23-33(31-11-4-2-5-12-31)22-34(24-36)32-13-6-3-7-14-32;1-3-12-29(13-4-1)37-25-32(26-38(46-37)30-14-5-2-6-15-30)39-24-31(27-40(47-39)36-17-9-10-22-45-36)35-18-11-20-43(48-35)49-41-19-8-7-16-33(41)34-28-44-23-21-42(34)49/h2-29H,1H3;1-28H. The minimum absolute atomic E-state index is 0.766. The number of hydrogen-bond acceptors (Lipinski definition) is 9. The highest BCUT2D eigenvalue weighted by molar-refractivity contribution is 6.09. The second-order valence-corrected chi connectivity index (χ2v) is 24.4. The van der Waals surface area contributed by atoms with E-state index in [4.69, 9.17) is 34.9 Å². The number of aryl methyl sites for hydroxylation is 1. The first-order valence-electron chi connectivity index (χ1n) is 32.9. The van der Waals surface area contributed by atoms with E-state index >= 15 is 0 Å². The fraction of sp³-hybridized carbons (Fsp3) is 0.0114. The van der Waals surface area contributed by atoms with Crippen LogP contribution in [0.2, 0.25) is 0 Å². The van der Waals surface area contributed by atoms with Crippen LogP contribution in [-0.4, -0.2) is 54.0 Å². The molecule has 11 aromatic heterocycles. The van der Waals surface area contributed by atoms with Gasteiger partial charge in [-0.1, -0.05) is 169 Å². The van der Waals surface area contributed by atoms with Crippen molar-refractivity contribution in [3.8, 4) is 124 Å². The van der Waals surface area contributed by atoms with Gasteiger partial charge in [0.15, 0.2) is 0 Å². The van der Waals surface area contributed by atoms with Crippen LogP contribution in [0.15, 0.2) is 341 Å². The van der Waals surface area contributed by atoms with Gasteiger partial charge in [-0.2, -0.15) is 0 Å². The van der Waals surface area contributed by atoms with Crippen LogP contribution in [0.4, 0.5) is 0 Å². The summed E-state index contributed by atoms with van der Waals surface area (Å²) in [7, 11) is 0.